The standard InChI is InChI=1S/C10H10N4O/c11-9-1-2-12-5-8(9)10(15)6-14-4-3-13-7-14/h1-5,7H,6H2,(H2,11,12). The van der Waals surface area contributed by atoms with Gasteiger partial charge in [0.1, 0.15) is 0 Å². The van der Waals surface area contributed by atoms with Gasteiger partial charge in [-0.1, -0.05) is 0 Å². The number of nitrogen functional groups attached to an aromatic ring is 1. The lowest BCUT2D eigenvalue weighted by Gasteiger charge is -2.03. The first-order valence-electron chi connectivity index (χ1n) is 4.46. The van der Waals surface area contributed by atoms with Crippen LogP contribution in [-0.2, 0) is 6.54 Å². The summed E-state index contributed by atoms with van der Waals surface area (Å²) in [4.78, 5) is 19.5. The molecule has 0 saturated heterocycles. The van der Waals surface area contributed by atoms with Gasteiger partial charge >= 0.3 is 0 Å². The van der Waals surface area contributed by atoms with Crippen LogP contribution in [0.15, 0.2) is 37.2 Å². The third-order valence-electron chi connectivity index (χ3n) is 2.04. The van der Waals surface area contributed by atoms with Gasteiger partial charge in [0.25, 0.3) is 0 Å². The van der Waals surface area contributed by atoms with Crippen molar-refractivity contribution in [1.29, 1.82) is 0 Å². The van der Waals surface area contributed by atoms with Gasteiger partial charge in [-0.15, -0.1) is 0 Å². The van der Waals surface area contributed by atoms with Crippen LogP contribution in [-0.4, -0.2) is 20.3 Å². The normalized spacial score (nSPS) is 10.1. The highest BCUT2D eigenvalue weighted by atomic mass is 16.1. The Morgan fingerprint density at radius 1 is 1.40 bits per heavy atom. The Balaban J connectivity index is 2.19. The number of anilines is 1. The lowest BCUT2D eigenvalue weighted by molar-refractivity contribution is 0.0972. The summed E-state index contributed by atoms with van der Waals surface area (Å²) in [7, 11) is 0. The molecule has 2 N–H and O–H groups in total. The van der Waals surface area contributed by atoms with E-state index in [-0.39, 0.29) is 12.3 Å². The number of imidazole rings is 1. The van der Waals surface area contributed by atoms with Crippen molar-refractivity contribution in [2.24, 2.45) is 0 Å². The first-order valence-corrected chi connectivity index (χ1v) is 4.46. The fourth-order valence-corrected chi connectivity index (χ4v) is 1.27. The largest absolute Gasteiger partial charge is 0.398 e. The zero-order valence-corrected chi connectivity index (χ0v) is 8.00. The van der Waals surface area contributed by atoms with Gasteiger partial charge in [0, 0.05) is 30.5 Å². The number of carbonyl (C=O) groups excluding carboxylic acids is 1. The van der Waals surface area contributed by atoms with E-state index in [1.54, 1.807) is 35.6 Å². The number of carbonyl (C=O) groups is 1. The lowest BCUT2D eigenvalue weighted by Crippen LogP contribution is -2.11. The van der Waals surface area contributed by atoms with E-state index in [0.29, 0.717) is 11.3 Å². The number of Topliss-reactive ketones (excluding diaryl/α,β-unsaturated/α-hetero) is 1. The van der Waals surface area contributed by atoms with Crippen molar-refractivity contribution >= 4 is 11.5 Å². The summed E-state index contributed by atoms with van der Waals surface area (Å²) in [6.45, 7) is 0.232. The summed E-state index contributed by atoms with van der Waals surface area (Å²) in [6, 6.07) is 1.61. The van der Waals surface area contributed by atoms with E-state index in [1.165, 1.54) is 6.20 Å². The molecular formula is C10H10N4O. The Labute approximate surface area is 86.6 Å². The van der Waals surface area contributed by atoms with E-state index in [9.17, 15) is 4.79 Å². The number of hydrogen-bond acceptors (Lipinski definition) is 4. The third kappa shape index (κ3) is 2.01. The predicted octanol–water partition coefficient (Wildman–Crippen LogP) is 0.743. The van der Waals surface area contributed by atoms with Crippen LogP contribution in [0.5, 0.6) is 0 Å². The molecular weight excluding hydrogens is 192 g/mol. The van der Waals surface area contributed by atoms with E-state index in [1.807, 2.05) is 0 Å². The molecule has 2 aromatic rings. The molecule has 0 saturated carbocycles. The summed E-state index contributed by atoms with van der Waals surface area (Å²) in [5, 5.41) is 0. The van der Waals surface area contributed by atoms with Crippen LogP contribution in [0.4, 0.5) is 5.69 Å². The molecule has 0 spiro atoms. The van der Waals surface area contributed by atoms with Crippen LogP contribution < -0.4 is 5.73 Å². The van der Waals surface area contributed by atoms with Crippen LogP contribution in [0.1, 0.15) is 10.4 Å². The molecule has 0 bridgehead atoms. The van der Waals surface area contributed by atoms with Crippen molar-refractivity contribution in [2.75, 3.05) is 5.73 Å². The minimum atomic E-state index is -0.0707. The Morgan fingerprint density at radius 2 is 2.27 bits per heavy atom. The fourth-order valence-electron chi connectivity index (χ4n) is 1.27. The van der Waals surface area contributed by atoms with Crippen molar-refractivity contribution in [2.45, 2.75) is 6.54 Å². The van der Waals surface area contributed by atoms with Crippen molar-refractivity contribution < 1.29 is 4.79 Å². The van der Waals surface area contributed by atoms with Crippen molar-refractivity contribution in [3.8, 4) is 0 Å². The molecule has 0 aliphatic heterocycles. The van der Waals surface area contributed by atoms with Crippen LogP contribution >= 0.6 is 0 Å². The highest BCUT2D eigenvalue weighted by Gasteiger charge is 2.09. The van der Waals surface area contributed by atoms with E-state index in [2.05, 4.69) is 9.97 Å². The Morgan fingerprint density at radius 3 is 2.93 bits per heavy atom. The van der Waals surface area contributed by atoms with Gasteiger partial charge in [0.15, 0.2) is 5.78 Å². The van der Waals surface area contributed by atoms with Crippen molar-refractivity contribution in [3.05, 3.63) is 42.7 Å². The molecule has 76 valence electrons. The van der Waals surface area contributed by atoms with Crippen LogP contribution in [0.3, 0.4) is 0 Å². The van der Waals surface area contributed by atoms with Gasteiger partial charge in [-0.05, 0) is 6.07 Å². The SMILES string of the molecule is Nc1ccncc1C(=O)Cn1ccnc1. The molecule has 2 rings (SSSR count). The molecule has 0 amide bonds. The molecule has 0 aliphatic rings. The van der Waals surface area contributed by atoms with Gasteiger partial charge in [-0.25, -0.2) is 4.98 Å². The van der Waals surface area contributed by atoms with Gasteiger partial charge < -0.3 is 10.3 Å². The van der Waals surface area contributed by atoms with Crippen LogP contribution in [0.25, 0.3) is 0 Å². The summed E-state index contributed by atoms with van der Waals surface area (Å²) in [5.74, 6) is -0.0707. The average molecular weight is 202 g/mol. The maximum atomic E-state index is 11.8. The van der Waals surface area contributed by atoms with E-state index in [0.717, 1.165) is 0 Å². The number of aromatic nitrogens is 3. The van der Waals surface area contributed by atoms with Crippen molar-refractivity contribution in [1.82, 2.24) is 14.5 Å². The first kappa shape index (κ1) is 9.39. The summed E-state index contributed by atoms with van der Waals surface area (Å²) in [5.41, 5.74) is 6.57. The van der Waals surface area contributed by atoms with E-state index >= 15 is 0 Å². The third-order valence-corrected chi connectivity index (χ3v) is 2.04. The summed E-state index contributed by atoms with van der Waals surface area (Å²) < 4.78 is 1.69. The summed E-state index contributed by atoms with van der Waals surface area (Å²) in [6.07, 6.45) is 7.98. The maximum Gasteiger partial charge on any atom is 0.186 e. The Hall–Kier alpha value is -2.17. The minimum Gasteiger partial charge on any atom is -0.398 e. The highest BCUT2D eigenvalue weighted by Crippen LogP contribution is 2.10. The minimum absolute atomic E-state index is 0.0707. The second kappa shape index (κ2) is 3.91. The van der Waals surface area contributed by atoms with Gasteiger partial charge in [-0.3, -0.25) is 9.78 Å². The maximum absolute atomic E-state index is 11.8. The number of nitrogens with zero attached hydrogens (tertiary/aromatic N) is 3. The fraction of sp³-hybridized carbons (Fsp3) is 0.100. The van der Waals surface area contributed by atoms with Crippen LogP contribution in [0.2, 0.25) is 0 Å². The predicted molar refractivity (Wildman–Crippen MR) is 55.2 cm³/mol. The zero-order chi connectivity index (χ0) is 10.7. The molecule has 0 unspecified atom stereocenters. The Bertz CT molecular complexity index is 464. The van der Waals surface area contributed by atoms with Crippen molar-refractivity contribution in [3.63, 3.8) is 0 Å². The topological polar surface area (TPSA) is 73.8 Å². The molecule has 0 atom stereocenters. The molecule has 0 fully saturated rings. The average Bonchev–Trinajstić information content (AvgIpc) is 2.71. The van der Waals surface area contributed by atoms with E-state index in [4.69, 9.17) is 5.73 Å². The van der Waals surface area contributed by atoms with Crippen LogP contribution in [0, 0.1) is 0 Å². The molecule has 5 nitrogen and oxygen atoms in total. The quantitative estimate of drug-likeness (QED) is 0.745. The second-order valence-electron chi connectivity index (χ2n) is 3.12. The Kier molecular flexibility index (Phi) is 2.45. The second-order valence-corrected chi connectivity index (χ2v) is 3.12. The van der Waals surface area contributed by atoms with Gasteiger partial charge in [0.05, 0.1) is 18.4 Å². The number of hydrogen-bond donors (Lipinski definition) is 1. The number of rotatable bonds is 3. The number of nitrogens with two attached hydrogens (primary N) is 1. The van der Waals surface area contributed by atoms with Gasteiger partial charge in [0.2, 0.25) is 0 Å². The molecule has 2 aromatic heterocycles. The lowest BCUT2D eigenvalue weighted by atomic mass is 10.1. The number of pyridine rings is 1. The molecule has 0 aromatic carbocycles. The smallest absolute Gasteiger partial charge is 0.186 e. The first-order chi connectivity index (χ1) is 7.27. The molecule has 2 heterocycles. The zero-order valence-electron chi connectivity index (χ0n) is 8.00. The molecule has 15 heavy (non-hydrogen) atoms. The molecule has 5 heteroatoms. The highest BCUT2D eigenvalue weighted by molar-refractivity contribution is 6.00. The monoisotopic (exact) mass is 202 g/mol. The summed E-state index contributed by atoms with van der Waals surface area (Å²) >= 11 is 0. The number of ketones is 1. The molecule has 0 radical (unpaired) electrons. The molecule has 0 aliphatic carbocycles. The van der Waals surface area contributed by atoms with E-state index < -0.39 is 0 Å². The van der Waals surface area contributed by atoms with Gasteiger partial charge in [-0.2, -0.15) is 0 Å².